The third-order valence-electron chi connectivity index (χ3n) is 7.53. The summed E-state index contributed by atoms with van der Waals surface area (Å²) >= 11 is 1.53. The molecule has 3 aromatic carbocycles. The Kier molecular flexibility index (Phi) is 7.89. The monoisotopic (exact) mass is 570 g/mol. The standard InChI is InChI=1S/C32H31FN4O3S/c1-21-8-5-6-12-26(21)31-29-30(22-9-3-2-4-10-22)35-37(24-15-13-23(33)14-16-24)32(29)36(28(39)20-41-31)19-27(38)34-18-25-11-7-17-40-25/h2-6,8-10,12-16,25,31H,7,11,17-20H2,1H3,(H,34,38). The van der Waals surface area contributed by atoms with Crippen molar-refractivity contribution in [2.24, 2.45) is 0 Å². The van der Waals surface area contributed by atoms with Crippen LogP contribution in [-0.4, -0.2) is 53.1 Å². The zero-order chi connectivity index (χ0) is 28.3. The number of amides is 2. The molecule has 41 heavy (non-hydrogen) atoms. The molecule has 4 aromatic rings. The molecule has 0 saturated carbocycles. The van der Waals surface area contributed by atoms with E-state index in [1.165, 1.54) is 28.8 Å². The van der Waals surface area contributed by atoms with Crippen LogP contribution >= 0.6 is 11.8 Å². The van der Waals surface area contributed by atoms with E-state index in [2.05, 4.69) is 24.4 Å². The van der Waals surface area contributed by atoms with Crippen molar-refractivity contribution in [3.05, 3.63) is 101 Å². The average Bonchev–Trinajstić information content (AvgIpc) is 3.62. The van der Waals surface area contributed by atoms with Crippen LogP contribution in [0.2, 0.25) is 0 Å². The molecular formula is C32H31FN4O3S. The number of aromatic nitrogens is 2. The summed E-state index contributed by atoms with van der Waals surface area (Å²) in [7, 11) is 0. The van der Waals surface area contributed by atoms with Gasteiger partial charge in [0, 0.05) is 24.3 Å². The first-order valence-corrected chi connectivity index (χ1v) is 14.8. The van der Waals surface area contributed by atoms with E-state index in [1.807, 2.05) is 42.5 Å². The maximum atomic E-state index is 14.0. The number of benzene rings is 3. The predicted molar refractivity (Wildman–Crippen MR) is 159 cm³/mol. The molecule has 1 aromatic heterocycles. The first kappa shape index (κ1) is 27.2. The average molecular weight is 571 g/mol. The smallest absolute Gasteiger partial charge is 0.240 e. The van der Waals surface area contributed by atoms with Crippen LogP contribution in [0.4, 0.5) is 10.2 Å². The lowest BCUT2D eigenvalue weighted by molar-refractivity contribution is -0.123. The molecule has 210 valence electrons. The van der Waals surface area contributed by atoms with Crippen LogP contribution in [0, 0.1) is 12.7 Å². The van der Waals surface area contributed by atoms with Gasteiger partial charge in [0.2, 0.25) is 11.8 Å². The number of anilines is 1. The highest BCUT2D eigenvalue weighted by Crippen LogP contribution is 2.49. The van der Waals surface area contributed by atoms with Crippen LogP contribution in [0.25, 0.3) is 16.9 Å². The molecule has 1 N–H and O–H groups in total. The number of hydrogen-bond donors (Lipinski definition) is 1. The van der Waals surface area contributed by atoms with E-state index in [4.69, 9.17) is 9.84 Å². The molecule has 6 rings (SSSR count). The molecule has 2 aliphatic rings. The lowest BCUT2D eigenvalue weighted by atomic mass is 9.97. The zero-order valence-electron chi connectivity index (χ0n) is 22.8. The van der Waals surface area contributed by atoms with Gasteiger partial charge in [-0.15, -0.1) is 11.8 Å². The van der Waals surface area contributed by atoms with Crippen molar-refractivity contribution >= 4 is 29.4 Å². The topological polar surface area (TPSA) is 76.5 Å². The third kappa shape index (κ3) is 5.64. The van der Waals surface area contributed by atoms with Gasteiger partial charge in [-0.2, -0.15) is 5.10 Å². The minimum atomic E-state index is -0.370. The summed E-state index contributed by atoms with van der Waals surface area (Å²) in [6.07, 6.45) is 1.87. The molecule has 0 aliphatic carbocycles. The molecule has 2 amide bonds. The van der Waals surface area contributed by atoms with Crippen molar-refractivity contribution < 1.29 is 18.7 Å². The molecule has 7 nitrogen and oxygen atoms in total. The van der Waals surface area contributed by atoms with Crippen LogP contribution in [0.5, 0.6) is 0 Å². The normalized spacial score (nSPS) is 18.7. The number of fused-ring (bicyclic) bond motifs is 1. The minimum absolute atomic E-state index is 0.00948. The van der Waals surface area contributed by atoms with Gasteiger partial charge in [-0.3, -0.25) is 14.5 Å². The molecule has 9 heteroatoms. The second-order valence-corrected chi connectivity index (χ2v) is 11.4. The summed E-state index contributed by atoms with van der Waals surface area (Å²) < 4.78 is 21.3. The Balaban J connectivity index is 1.52. The Labute approximate surface area is 242 Å². The molecule has 2 aliphatic heterocycles. The minimum Gasteiger partial charge on any atom is -0.376 e. The fourth-order valence-electron chi connectivity index (χ4n) is 5.45. The highest BCUT2D eigenvalue weighted by molar-refractivity contribution is 8.00. The molecule has 2 atom stereocenters. The van der Waals surface area contributed by atoms with Crippen LogP contribution in [0.15, 0.2) is 78.9 Å². The summed E-state index contributed by atoms with van der Waals surface area (Å²) in [6.45, 7) is 3.00. The number of nitrogens with zero attached hydrogens (tertiary/aromatic N) is 3. The fourth-order valence-corrected chi connectivity index (χ4v) is 6.74. The van der Waals surface area contributed by atoms with Crippen LogP contribution < -0.4 is 10.2 Å². The lowest BCUT2D eigenvalue weighted by Crippen LogP contribution is -2.44. The highest BCUT2D eigenvalue weighted by atomic mass is 32.2. The molecule has 0 radical (unpaired) electrons. The van der Waals surface area contributed by atoms with Gasteiger partial charge < -0.3 is 10.1 Å². The highest BCUT2D eigenvalue weighted by Gasteiger charge is 2.38. The van der Waals surface area contributed by atoms with Gasteiger partial charge in [-0.05, 0) is 55.2 Å². The summed E-state index contributed by atoms with van der Waals surface area (Å²) in [5.41, 5.74) is 5.22. The van der Waals surface area contributed by atoms with E-state index in [9.17, 15) is 14.0 Å². The van der Waals surface area contributed by atoms with Gasteiger partial charge in [-0.25, -0.2) is 9.07 Å². The van der Waals surface area contributed by atoms with Crippen LogP contribution in [-0.2, 0) is 14.3 Å². The number of nitrogens with one attached hydrogen (secondary N) is 1. The van der Waals surface area contributed by atoms with Crippen molar-refractivity contribution in [2.75, 3.05) is 30.3 Å². The molecule has 3 heterocycles. The summed E-state index contributed by atoms with van der Waals surface area (Å²) in [5.74, 6) is -0.129. The summed E-state index contributed by atoms with van der Waals surface area (Å²) in [6, 6.07) is 24.0. The number of rotatable bonds is 7. The van der Waals surface area contributed by atoms with Crippen LogP contribution in [0.3, 0.4) is 0 Å². The third-order valence-corrected chi connectivity index (χ3v) is 8.77. The SMILES string of the molecule is Cc1ccccc1C1SCC(=O)N(CC(=O)NCC2CCCO2)c2c1c(-c1ccccc1)nn2-c1ccc(F)cc1. The Morgan fingerprint density at radius 2 is 1.83 bits per heavy atom. The Morgan fingerprint density at radius 3 is 2.56 bits per heavy atom. The number of aryl methyl sites for hydroxylation is 1. The van der Waals surface area contributed by atoms with Crippen molar-refractivity contribution in [3.8, 4) is 16.9 Å². The number of hydrogen-bond acceptors (Lipinski definition) is 5. The van der Waals surface area contributed by atoms with E-state index in [0.29, 0.717) is 30.4 Å². The maximum Gasteiger partial charge on any atom is 0.240 e. The molecule has 2 unspecified atom stereocenters. The Bertz CT molecular complexity index is 1550. The predicted octanol–water partition coefficient (Wildman–Crippen LogP) is 5.45. The maximum absolute atomic E-state index is 14.0. The number of halogens is 1. The number of carbonyl (C=O) groups excluding carboxylic acids is 2. The molecule has 0 bridgehead atoms. The number of thioether (sulfide) groups is 1. The van der Waals surface area contributed by atoms with Crippen molar-refractivity contribution in [1.82, 2.24) is 15.1 Å². The van der Waals surface area contributed by atoms with Gasteiger partial charge >= 0.3 is 0 Å². The number of ether oxygens (including phenoxy) is 1. The van der Waals surface area contributed by atoms with E-state index in [1.54, 1.807) is 16.8 Å². The number of carbonyl (C=O) groups is 2. The van der Waals surface area contributed by atoms with Gasteiger partial charge in [0.25, 0.3) is 0 Å². The summed E-state index contributed by atoms with van der Waals surface area (Å²) in [4.78, 5) is 28.6. The van der Waals surface area contributed by atoms with E-state index in [0.717, 1.165) is 35.1 Å². The molecule has 1 fully saturated rings. The zero-order valence-corrected chi connectivity index (χ0v) is 23.6. The van der Waals surface area contributed by atoms with Gasteiger partial charge in [0.1, 0.15) is 18.2 Å². The van der Waals surface area contributed by atoms with E-state index in [-0.39, 0.29) is 41.3 Å². The Hall–Kier alpha value is -3.95. The van der Waals surface area contributed by atoms with Crippen molar-refractivity contribution in [3.63, 3.8) is 0 Å². The van der Waals surface area contributed by atoms with Crippen molar-refractivity contribution in [2.45, 2.75) is 31.1 Å². The second kappa shape index (κ2) is 11.9. The Morgan fingerprint density at radius 1 is 1.07 bits per heavy atom. The quantitative estimate of drug-likeness (QED) is 0.320. The van der Waals surface area contributed by atoms with Crippen LogP contribution in [0.1, 0.15) is 34.8 Å². The molecule has 1 saturated heterocycles. The first-order chi connectivity index (χ1) is 20.0. The molecule has 0 spiro atoms. The van der Waals surface area contributed by atoms with E-state index < -0.39 is 0 Å². The van der Waals surface area contributed by atoms with Gasteiger partial charge in [0.15, 0.2) is 0 Å². The second-order valence-electron chi connectivity index (χ2n) is 10.3. The molecular weight excluding hydrogens is 539 g/mol. The van der Waals surface area contributed by atoms with E-state index >= 15 is 0 Å². The van der Waals surface area contributed by atoms with Gasteiger partial charge in [0.05, 0.1) is 28.5 Å². The fraction of sp³-hybridized carbons (Fsp3) is 0.281. The first-order valence-electron chi connectivity index (χ1n) is 13.8. The van der Waals surface area contributed by atoms with Gasteiger partial charge in [-0.1, -0.05) is 54.6 Å². The largest absolute Gasteiger partial charge is 0.376 e. The summed E-state index contributed by atoms with van der Waals surface area (Å²) in [5, 5.41) is 7.78. The lowest BCUT2D eigenvalue weighted by Gasteiger charge is -2.24. The van der Waals surface area contributed by atoms with Crippen molar-refractivity contribution in [1.29, 1.82) is 0 Å².